The first-order valence-corrected chi connectivity index (χ1v) is 9.08. The first kappa shape index (κ1) is 18.7. The smallest absolute Gasteiger partial charge is 0.321 e. The summed E-state index contributed by atoms with van der Waals surface area (Å²) in [4.78, 5) is 24.0. The third kappa shape index (κ3) is 4.98. The summed E-state index contributed by atoms with van der Waals surface area (Å²) >= 11 is 1.07. The Kier molecular flexibility index (Phi) is 5.92. The number of nitrogens with one attached hydrogen (secondary N) is 2. The molecule has 140 valence electrons. The molecule has 0 aliphatic rings. The minimum Gasteiger partial charge on any atom is -0.469 e. The zero-order valence-electron chi connectivity index (χ0n) is 14.8. The molecule has 0 saturated heterocycles. The van der Waals surface area contributed by atoms with Gasteiger partial charge in [0.05, 0.1) is 17.1 Å². The van der Waals surface area contributed by atoms with Crippen molar-refractivity contribution in [3.8, 4) is 11.5 Å². The summed E-state index contributed by atoms with van der Waals surface area (Å²) in [6.45, 7) is 3.77. The van der Waals surface area contributed by atoms with Gasteiger partial charge in [0.2, 0.25) is 5.91 Å². The van der Waals surface area contributed by atoms with Gasteiger partial charge in [-0.2, -0.15) is 0 Å². The second-order valence-electron chi connectivity index (χ2n) is 5.68. The van der Waals surface area contributed by atoms with E-state index in [9.17, 15) is 9.59 Å². The van der Waals surface area contributed by atoms with Gasteiger partial charge in [-0.1, -0.05) is 42.1 Å². The fraction of sp³-hybridized carbons (Fsp3) is 0.222. The third-order valence-corrected chi connectivity index (χ3v) is 4.61. The third-order valence-electron chi connectivity index (χ3n) is 3.68. The first-order valence-electron chi connectivity index (χ1n) is 8.20. The number of aromatic nitrogens is 2. The minimum absolute atomic E-state index is 0.234. The lowest BCUT2D eigenvalue weighted by atomic mass is 10.2. The fourth-order valence-corrected chi connectivity index (χ4v) is 2.90. The molecule has 0 bridgehead atoms. The van der Waals surface area contributed by atoms with Crippen LogP contribution in [-0.4, -0.2) is 27.4 Å². The SMILES string of the molecule is Cc1occc1-c1nnc(S[C@H](C)C(=O)NC(=O)NCc2ccccc2)o1. The number of hydrogen-bond acceptors (Lipinski definition) is 7. The molecule has 3 rings (SSSR count). The molecule has 8 nitrogen and oxygen atoms in total. The number of benzene rings is 1. The van der Waals surface area contributed by atoms with Gasteiger partial charge in [-0.15, -0.1) is 10.2 Å². The van der Waals surface area contributed by atoms with Crippen LogP contribution in [0.1, 0.15) is 18.2 Å². The normalized spacial score (nSPS) is 11.8. The van der Waals surface area contributed by atoms with Crippen molar-refractivity contribution in [1.82, 2.24) is 20.8 Å². The van der Waals surface area contributed by atoms with Gasteiger partial charge in [-0.05, 0) is 25.5 Å². The zero-order valence-corrected chi connectivity index (χ0v) is 15.6. The maximum absolute atomic E-state index is 12.2. The fourth-order valence-electron chi connectivity index (χ4n) is 2.21. The average molecular weight is 386 g/mol. The summed E-state index contributed by atoms with van der Waals surface area (Å²) in [5, 5.41) is 12.4. The number of amides is 3. The van der Waals surface area contributed by atoms with Gasteiger partial charge in [0, 0.05) is 6.54 Å². The highest BCUT2D eigenvalue weighted by atomic mass is 32.2. The molecular formula is C18H18N4O4S. The van der Waals surface area contributed by atoms with Gasteiger partial charge in [0.25, 0.3) is 11.1 Å². The number of furan rings is 1. The van der Waals surface area contributed by atoms with Crippen molar-refractivity contribution >= 4 is 23.7 Å². The van der Waals surface area contributed by atoms with E-state index in [1.54, 1.807) is 19.9 Å². The van der Waals surface area contributed by atoms with Crippen LogP contribution in [0.15, 0.2) is 56.7 Å². The van der Waals surface area contributed by atoms with E-state index in [0.717, 1.165) is 17.3 Å². The number of imide groups is 1. The molecule has 0 spiro atoms. The molecule has 0 aliphatic carbocycles. The molecule has 2 heterocycles. The summed E-state index contributed by atoms with van der Waals surface area (Å²) in [7, 11) is 0. The van der Waals surface area contributed by atoms with Crippen LogP contribution in [0.2, 0.25) is 0 Å². The maximum atomic E-state index is 12.2. The lowest BCUT2D eigenvalue weighted by Crippen LogP contribution is -2.42. The van der Waals surface area contributed by atoms with Crippen molar-refractivity contribution in [2.45, 2.75) is 30.9 Å². The van der Waals surface area contributed by atoms with Crippen LogP contribution >= 0.6 is 11.8 Å². The first-order chi connectivity index (χ1) is 13.0. The Balaban J connectivity index is 1.50. The molecular weight excluding hydrogens is 368 g/mol. The van der Waals surface area contributed by atoms with E-state index >= 15 is 0 Å². The van der Waals surface area contributed by atoms with Crippen molar-refractivity contribution in [3.05, 3.63) is 54.0 Å². The maximum Gasteiger partial charge on any atom is 0.321 e. The zero-order chi connectivity index (χ0) is 19.2. The van der Waals surface area contributed by atoms with Gasteiger partial charge in [0.15, 0.2) is 0 Å². The Morgan fingerprint density at radius 3 is 2.67 bits per heavy atom. The lowest BCUT2D eigenvalue weighted by molar-refractivity contribution is -0.119. The second-order valence-corrected chi connectivity index (χ2v) is 6.97. The molecule has 27 heavy (non-hydrogen) atoms. The average Bonchev–Trinajstić information content (AvgIpc) is 3.29. The molecule has 2 aromatic heterocycles. The molecule has 1 aromatic carbocycles. The number of aryl methyl sites for hydroxylation is 1. The largest absolute Gasteiger partial charge is 0.469 e. The van der Waals surface area contributed by atoms with Crippen LogP contribution in [0.5, 0.6) is 0 Å². The van der Waals surface area contributed by atoms with E-state index in [4.69, 9.17) is 8.83 Å². The number of thioether (sulfide) groups is 1. The van der Waals surface area contributed by atoms with Gasteiger partial charge in [-0.25, -0.2) is 4.79 Å². The van der Waals surface area contributed by atoms with Crippen LogP contribution in [0.25, 0.3) is 11.5 Å². The summed E-state index contributed by atoms with van der Waals surface area (Å²) in [6, 6.07) is 10.6. The van der Waals surface area contributed by atoms with E-state index in [-0.39, 0.29) is 5.22 Å². The van der Waals surface area contributed by atoms with Crippen LogP contribution in [0, 0.1) is 6.92 Å². The number of rotatable bonds is 6. The number of carbonyl (C=O) groups is 2. The molecule has 3 aromatic rings. The summed E-state index contributed by atoms with van der Waals surface area (Å²) < 4.78 is 10.7. The predicted octanol–water partition coefficient (Wildman–Crippen LogP) is 3.14. The van der Waals surface area contributed by atoms with Crippen molar-refractivity contribution in [2.24, 2.45) is 0 Å². The molecule has 0 radical (unpaired) electrons. The number of nitrogens with zero attached hydrogens (tertiary/aromatic N) is 2. The summed E-state index contributed by atoms with van der Waals surface area (Å²) in [6.07, 6.45) is 1.53. The van der Waals surface area contributed by atoms with E-state index in [2.05, 4.69) is 20.8 Å². The molecule has 9 heteroatoms. The van der Waals surface area contributed by atoms with Crippen molar-refractivity contribution < 1.29 is 18.4 Å². The lowest BCUT2D eigenvalue weighted by Gasteiger charge is -2.10. The molecule has 0 saturated carbocycles. The van der Waals surface area contributed by atoms with Gasteiger partial charge in [0.1, 0.15) is 5.76 Å². The van der Waals surface area contributed by atoms with Crippen LogP contribution in [0.3, 0.4) is 0 Å². The highest BCUT2D eigenvalue weighted by Gasteiger charge is 2.21. The standard InChI is InChI=1S/C18H18N4O4S/c1-11-14(8-9-25-11)16-21-22-18(26-16)27-12(2)15(23)20-17(24)19-10-13-6-4-3-5-7-13/h3-9,12H,10H2,1-2H3,(H2,19,20,23,24)/t12-/m1/s1. The molecule has 0 aliphatic heterocycles. The second kappa shape index (κ2) is 8.54. The van der Waals surface area contributed by atoms with Crippen LogP contribution in [-0.2, 0) is 11.3 Å². The Hall–Kier alpha value is -3.07. The number of urea groups is 1. The van der Waals surface area contributed by atoms with Gasteiger partial charge >= 0.3 is 6.03 Å². The van der Waals surface area contributed by atoms with E-state index in [1.165, 1.54) is 6.26 Å². The van der Waals surface area contributed by atoms with E-state index in [0.29, 0.717) is 23.8 Å². The van der Waals surface area contributed by atoms with Gasteiger partial charge < -0.3 is 14.2 Å². The number of carbonyl (C=O) groups excluding carboxylic acids is 2. The Morgan fingerprint density at radius 1 is 1.19 bits per heavy atom. The molecule has 1 atom stereocenters. The predicted molar refractivity (Wildman–Crippen MR) is 98.9 cm³/mol. The van der Waals surface area contributed by atoms with Crippen molar-refractivity contribution in [1.29, 1.82) is 0 Å². The molecule has 0 unspecified atom stereocenters. The Bertz CT molecular complexity index is 922. The van der Waals surface area contributed by atoms with E-state index in [1.807, 2.05) is 30.3 Å². The van der Waals surface area contributed by atoms with Crippen LogP contribution < -0.4 is 10.6 Å². The topological polar surface area (TPSA) is 110 Å². The number of hydrogen-bond donors (Lipinski definition) is 2. The summed E-state index contributed by atoms with van der Waals surface area (Å²) in [5.74, 6) is 0.526. The molecule has 0 fully saturated rings. The minimum atomic E-state index is -0.591. The molecule has 2 N–H and O–H groups in total. The Morgan fingerprint density at radius 2 is 1.96 bits per heavy atom. The highest BCUT2D eigenvalue weighted by molar-refractivity contribution is 8.00. The Labute approximate surface area is 159 Å². The highest BCUT2D eigenvalue weighted by Crippen LogP contribution is 2.28. The monoisotopic (exact) mass is 386 g/mol. The molecule has 3 amide bonds. The van der Waals surface area contributed by atoms with Crippen LogP contribution in [0.4, 0.5) is 4.79 Å². The van der Waals surface area contributed by atoms with Crippen molar-refractivity contribution in [2.75, 3.05) is 0 Å². The van der Waals surface area contributed by atoms with Crippen molar-refractivity contribution in [3.63, 3.8) is 0 Å². The quantitative estimate of drug-likeness (QED) is 0.626. The van der Waals surface area contributed by atoms with Gasteiger partial charge in [-0.3, -0.25) is 10.1 Å². The van der Waals surface area contributed by atoms with E-state index < -0.39 is 17.2 Å². The summed E-state index contributed by atoms with van der Waals surface area (Å²) in [5.41, 5.74) is 1.64.